The van der Waals surface area contributed by atoms with E-state index in [1.807, 2.05) is 0 Å². The molecule has 0 fully saturated rings. The summed E-state index contributed by atoms with van der Waals surface area (Å²) < 4.78 is 37.0. The Morgan fingerprint density at radius 2 is 2.25 bits per heavy atom. The molecule has 1 rings (SSSR count). The fourth-order valence-electron chi connectivity index (χ4n) is 0.849. The number of carbonyl (C=O) groups is 1. The maximum atomic E-state index is 12.3. The van der Waals surface area contributed by atoms with Crippen LogP contribution in [-0.4, -0.2) is 10.9 Å². The van der Waals surface area contributed by atoms with Crippen LogP contribution in [0.3, 0.4) is 0 Å². The zero-order valence-electron chi connectivity index (χ0n) is 8.05. The molecule has 0 aliphatic rings. The van der Waals surface area contributed by atoms with E-state index in [-0.39, 0.29) is 11.6 Å². The molecule has 1 aromatic heterocycles. The van der Waals surface area contributed by atoms with Crippen LogP contribution in [0.15, 0.2) is 0 Å². The lowest BCUT2D eigenvalue weighted by molar-refractivity contribution is -0.140. The van der Waals surface area contributed by atoms with Crippen molar-refractivity contribution in [3.63, 3.8) is 0 Å². The molecular formula is C8H6F3N3OS. The molecule has 0 aliphatic heterocycles. The summed E-state index contributed by atoms with van der Waals surface area (Å²) in [4.78, 5) is 13.6. The molecule has 0 aliphatic carbocycles. The lowest BCUT2D eigenvalue weighted by Gasteiger charge is -2.01. The number of rotatable bonds is 2. The van der Waals surface area contributed by atoms with Crippen LogP contribution < -0.4 is 5.32 Å². The Morgan fingerprint density at radius 3 is 2.62 bits per heavy atom. The van der Waals surface area contributed by atoms with E-state index in [0.29, 0.717) is 11.3 Å². The van der Waals surface area contributed by atoms with Crippen LogP contribution in [0.2, 0.25) is 0 Å². The van der Waals surface area contributed by atoms with Gasteiger partial charge in [0.25, 0.3) is 0 Å². The number of alkyl halides is 3. The molecule has 1 heterocycles. The summed E-state index contributed by atoms with van der Waals surface area (Å²) in [6.07, 6.45) is -4.56. The standard InChI is InChI=1S/C8H6F3N3OS/c1-2-5(15)13-7-14-6(8(9,10)11)4(3-12)16-7/h2H2,1H3,(H,13,14,15). The Balaban J connectivity index is 3.05. The fourth-order valence-corrected chi connectivity index (χ4v) is 1.65. The van der Waals surface area contributed by atoms with Crippen molar-refractivity contribution < 1.29 is 18.0 Å². The van der Waals surface area contributed by atoms with Gasteiger partial charge in [0.2, 0.25) is 5.91 Å². The molecule has 1 aromatic rings. The summed E-state index contributed by atoms with van der Waals surface area (Å²) in [5, 5.41) is 10.5. The van der Waals surface area contributed by atoms with Gasteiger partial charge in [-0.05, 0) is 0 Å². The highest BCUT2D eigenvalue weighted by Gasteiger charge is 2.37. The molecule has 86 valence electrons. The number of anilines is 1. The minimum absolute atomic E-state index is 0.128. The van der Waals surface area contributed by atoms with E-state index in [4.69, 9.17) is 5.26 Å². The van der Waals surface area contributed by atoms with Crippen LogP contribution in [0.4, 0.5) is 18.3 Å². The number of carbonyl (C=O) groups excluding carboxylic acids is 1. The van der Waals surface area contributed by atoms with E-state index in [1.54, 1.807) is 6.92 Å². The zero-order valence-corrected chi connectivity index (χ0v) is 8.87. The molecule has 4 nitrogen and oxygen atoms in total. The van der Waals surface area contributed by atoms with Crippen LogP contribution in [0.5, 0.6) is 0 Å². The van der Waals surface area contributed by atoms with E-state index < -0.39 is 22.7 Å². The monoisotopic (exact) mass is 249 g/mol. The average Bonchev–Trinajstić information content (AvgIpc) is 2.60. The number of nitriles is 1. The Morgan fingerprint density at radius 1 is 1.62 bits per heavy atom. The minimum Gasteiger partial charge on any atom is -0.302 e. The Hall–Kier alpha value is -1.62. The minimum atomic E-state index is -4.68. The highest BCUT2D eigenvalue weighted by atomic mass is 32.1. The molecule has 0 unspecified atom stereocenters. The lowest BCUT2D eigenvalue weighted by atomic mass is 10.4. The van der Waals surface area contributed by atoms with Crippen molar-refractivity contribution in [3.8, 4) is 6.07 Å². The second kappa shape index (κ2) is 4.49. The van der Waals surface area contributed by atoms with Gasteiger partial charge in [-0.15, -0.1) is 0 Å². The number of hydrogen-bond acceptors (Lipinski definition) is 4. The third-order valence-electron chi connectivity index (χ3n) is 1.56. The summed E-state index contributed by atoms with van der Waals surface area (Å²) in [5.74, 6) is -0.452. The van der Waals surface area contributed by atoms with Crippen molar-refractivity contribution in [2.75, 3.05) is 5.32 Å². The smallest absolute Gasteiger partial charge is 0.302 e. The largest absolute Gasteiger partial charge is 0.435 e. The van der Waals surface area contributed by atoms with Crippen LogP contribution >= 0.6 is 11.3 Å². The molecule has 1 amide bonds. The normalized spacial score (nSPS) is 10.9. The highest BCUT2D eigenvalue weighted by molar-refractivity contribution is 7.16. The summed E-state index contributed by atoms with van der Waals surface area (Å²) in [6.45, 7) is 1.55. The van der Waals surface area contributed by atoms with Crippen LogP contribution in [0.25, 0.3) is 0 Å². The molecule has 16 heavy (non-hydrogen) atoms. The quantitative estimate of drug-likeness (QED) is 0.875. The summed E-state index contributed by atoms with van der Waals surface area (Å²) in [6, 6.07) is 1.40. The first-order valence-corrected chi connectivity index (χ1v) is 4.98. The maximum absolute atomic E-state index is 12.3. The topological polar surface area (TPSA) is 65.8 Å². The molecular weight excluding hydrogens is 243 g/mol. The van der Waals surface area contributed by atoms with E-state index in [0.717, 1.165) is 0 Å². The van der Waals surface area contributed by atoms with Gasteiger partial charge in [0.15, 0.2) is 10.8 Å². The van der Waals surface area contributed by atoms with Crippen molar-refractivity contribution in [1.29, 1.82) is 5.26 Å². The number of hydrogen-bond donors (Lipinski definition) is 1. The van der Waals surface area contributed by atoms with E-state index in [2.05, 4.69) is 10.3 Å². The summed E-state index contributed by atoms with van der Waals surface area (Å²) >= 11 is 0.506. The SMILES string of the molecule is CCC(=O)Nc1nc(C(F)(F)F)c(C#N)s1. The predicted molar refractivity (Wildman–Crippen MR) is 50.8 cm³/mol. The summed E-state index contributed by atoms with van der Waals surface area (Å²) in [7, 11) is 0. The average molecular weight is 249 g/mol. The molecule has 0 saturated heterocycles. The zero-order chi connectivity index (χ0) is 12.3. The third kappa shape index (κ3) is 2.70. The molecule has 0 bridgehead atoms. The van der Waals surface area contributed by atoms with E-state index in [9.17, 15) is 18.0 Å². The second-order valence-corrected chi connectivity index (χ2v) is 3.71. The van der Waals surface area contributed by atoms with Gasteiger partial charge in [0.1, 0.15) is 10.9 Å². The highest BCUT2D eigenvalue weighted by Crippen LogP contribution is 2.35. The van der Waals surface area contributed by atoms with Crippen molar-refractivity contribution in [2.24, 2.45) is 0 Å². The molecule has 0 spiro atoms. The van der Waals surface area contributed by atoms with Crippen molar-refractivity contribution >= 4 is 22.4 Å². The van der Waals surface area contributed by atoms with Crippen LogP contribution in [0.1, 0.15) is 23.9 Å². The van der Waals surface area contributed by atoms with Crippen LogP contribution in [0, 0.1) is 11.3 Å². The lowest BCUT2D eigenvalue weighted by Crippen LogP contribution is -2.11. The molecule has 0 atom stereocenters. The first-order valence-electron chi connectivity index (χ1n) is 4.16. The number of halogens is 3. The van der Waals surface area contributed by atoms with Crippen LogP contribution in [-0.2, 0) is 11.0 Å². The van der Waals surface area contributed by atoms with E-state index in [1.165, 1.54) is 6.07 Å². The first kappa shape index (κ1) is 12.4. The van der Waals surface area contributed by atoms with Gasteiger partial charge >= 0.3 is 6.18 Å². The van der Waals surface area contributed by atoms with Gasteiger partial charge in [0, 0.05) is 6.42 Å². The number of aromatic nitrogens is 1. The van der Waals surface area contributed by atoms with Gasteiger partial charge in [-0.2, -0.15) is 18.4 Å². The number of thiazole rings is 1. The number of nitrogens with one attached hydrogen (secondary N) is 1. The van der Waals surface area contributed by atoms with E-state index >= 15 is 0 Å². The van der Waals surface area contributed by atoms with Gasteiger partial charge in [-0.25, -0.2) is 4.98 Å². The maximum Gasteiger partial charge on any atom is 0.435 e. The Kier molecular flexibility index (Phi) is 3.49. The van der Waals surface area contributed by atoms with Gasteiger partial charge in [-0.3, -0.25) is 4.79 Å². The predicted octanol–water partition coefficient (Wildman–Crippen LogP) is 2.38. The molecule has 0 radical (unpaired) electrons. The van der Waals surface area contributed by atoms with Gasteiger partial charge in [0.05, 0.1) is 0 Å². The molecule has 0 saturated carbocycles. The first-order chi connectivity index (χ1) is 7.38. The number of amides is 1. The molecule has 8 heteroatoms. The summed E-state index contributed by atoms with van der Waals surface area (Å²) in [5.41, 5.74) is -1.26. The van der Waals surface area contributed by atoms with Gasteiger partial charge in [-0.1, -0.05) is 18.3 Å². The fraction of sp³-hybridized carbons (Fsp3) is 0.375. The van der Waals surface area contributed by atoms with Crippen molar-refractivity contribution in [1.82, 2.24) is 4.98 Å². The second-order valence-electron chi connectivity index (χ2n) is 2.71. The molecule has 0 aromatic carbocycles. The molecule has 1 N–H and O–H groups in total. The Bertz CT molecular complexity index is 446. The third-order valence-corrected chi connectivity index (χ3v) is 2.44. The number of nitrogens with zero attached hydrogens (tertiary/aromatic N) is 2. The van der Waals surface area contributed by atoms with Gasteiger partial charge < -0.3 is 5.32 Å². The Labute approximate surface area is 92.7 Å². The van der Waals surface area contributed by atoms with Crippen molar-refractivity contribution in [3.05, 3.63) is 10.6 Å². The van der Waals surface area contributed by atoms with Crippen molar-refractivity contribution in [2.45, 2.75) is 19.5 Å².